The van der Waals surface area contributed by atoms with Gasteiger partial charge in [0.15, 0.2) is 0 Å². The molecule has 1 atom stereocenters. The lowest BCUT2D eigenvalue weighted by atomic mass is 10.1. The van der Waals surface area contributed by atoms with Crippen LogP contribution in [0, 0.1) is 0 Å². The van der Waals surface area contributed by atoms with Crippen LogP contribution in [0.15, 0.2) is 42.6 Å². The molecule has 0 aliphatic heterocycles. The van der Waals surface area contributed by atoms with Gasteiger partial charge in [-0.15, -0.1) is 0 Å². The van der Waals surface area contributed by atoms with Crippen LogP contribution in [0.2, 0.25) is 0 Å². The molecule has 0 aliphatic carbocycles. The molecule has 4 heteroatoms. The molecule has 0 aliphatic rings. The Morgan fingerprint density at radius 3 is 2.50 bits per heavy atom. The van der Waals surface area contributed by atoms with E-state index < -0.39 is 0 Å². The summed E-state index contributed by atoms with van der Waals surface area (Å²) in [4.78, 5) is 16.4. The predicted molar refractivity (Wildman–Crippen MR) is 91.4 cm³/mol. The highest BCUT2D eigenvalue weighted by atomic mass is 16.1. The molecule has 2 N–H and O–H groups in total. The summed E-state index contributed by atoms with van der Waals surface area (Å²) in [5, 5.41) is 6.22. The monoisotopic (exact) mass is 297 g/mol. The van der Waals surface area contributed by atoms with E-state index in [-0.39, 0.29) is 5.91 Å². The molecule has 4 nitrogen and oxygen atoms in total. The quantitative estimate of drug-likeness (QED) is 0.843. The highest BCUT2D eigenvalue weighted by molar-refractivity contribution is 6.03. The zero-order valence-electron chi connectivity index (χ0n) is 13.4. The van der Waals surface area contributed by atoms with Crippen LogP contribution in [0.1, 0.15) is 43.2 Å². The average molecular weight is 297 g/mol. The van der Waals surface area contributed by atoms with E-state index in [9.17, 15) is 4.79 Å². The molecule has 2 rings (SSSR count). The highest BCUT2D eigenvalue weighted by Crippen LogP contribution is 2.14. The molecular formula is C18H23N3O. The topological polar surface area (TPSA) is 54.0 Å². The molecule has 0 saturated carbocycles. The number of aryl methyl sites for hydroxylation is 1. The van der Waals surface area contributed by atoms with Crippen molar-refractivity contribution in [2.24, 2.45) is 0 Å². The SMILES string of the molecule is CCc1ccc(NC(=O)c2cc(NC(C)CC)ccn2)cc1. The molecular weight excluding hydrogens is 274 g/mol. The smallest absolute Gasteiger partial charge is 0.274 e. The molecule has 0 fully saturated rings. The summed E-state index contributed by atoms with van der Waals surface area (Å²) in [6, 6.07) is 11.9. The maximum atomic E-state index is 12.3. The predicted octanol–water partition coefficient (Wildman–Crippen LogP) is 4.11. The molecule has 0 bridgehead atoms. The minimum atomic E-state index is -0.197. The van der Waals surface area contributed by atoms with Gasteiger partial charge in [-0.3, -0.25) is 9.78 Å². The minimum absolute atomic E-state index is 0.197. The van der Waals surface area contributed by atoms with Gasteiger partial charge in [-0.25, -0.2) is 0 Å². The summed E-state index contributed by atoms with van der Waals surface area (Å²) >= 11 is 0. The number of rotatable bonds is 6. The normalized spacial score (nSPS) is 11.8. The average Bonchev–Trinajstić information content (AvgIpc) is 2.55. The molecule has 1 heterocycles. The van der Waals surface area contributed by atoms with Crippen molar-refractivity contribution in [2.75, 3.05) is 10.6 Å². The Kier molecular flexibility index (Phi) is 5.53. The molecule has 1 amide bonds. The Morgan fingerprint density at radius 2 is 1.86 bits per heavy atom. The van der Waals surface area contributed by atoms with Gasteiger partial charge in [0.05, 0.1) is 0 Å². The zero-order chi connectivity index (χ0) is 15.9. The van der Waals surface area contributed by atoms with Crippen molar-refractivity contribution >= 4 is 17.3 Å². The number of anilines is 2. The largest absolute Gasteiger partial charge is 0.382 e. The van der Waals surface area contributed by atoms with Gasteiger partial charge in [-0.05, 0) is 49.6 Å². The van der Waals surface area contributed by atoms with E-state index in [0.717, 1.165) is 24.2 Å². The number of nitrogens with one attached hydrogen (secondary N) is 2. The van der Waals surface area contributed by atoms with E-state index in [1.54, 1.807) is 12.3 Å². The molecule has 116 valence electrons. The fraction of sp³-hybridized carbons (Fsp3) is 0.333. The number of benzene rings is 1. The maximum absolute atomic E-state index is 12.3. The molecule has 1 unspecified atom stereocenters. The van der Waals surface area contributed by atoms with Gasteiger partial charge in [0.25, 0.3) is 5.91 Å². The Bertz CT molecular complexity index is 622. The molecule has 2 aromatic rings. The van der Waals surface area contributed by atoms with E-state index in [2.05, 4.69) is 36.4 Å². The first kappa shape index (κ1) is 16.0. The second-order valence-electron chi connectivity index (χ2n) is 5.39. The Morgan fingerprint density at radius 1 is 1.14 bits per heavy atom. The third-order valence-electron chi connectivity index (χ3n) is 3.64. The van der Waals surface area contributed by atoms with Crippen LogP contribution in [-0.2, 0) is 6.42 Å². The third-order valence-corrected chi connectivity index (χ3v) is 3.64. The van der Waals surface area contributed by atoms with Crippen LogP contribution in [0.25, 0.3) is 0 Å². The summed E-state index contributed by atoms with van der Waals surface area (Å²) in [5.41, 5.74) is 3.35. The number of carbonyl (C=O) groups is 1. The number of pyridine rings is 1. The van der Waals surface area contributed by atoms with Gasteiger partial charge in [0.1, 0.15) is 5.69 Å². The van der Waals surface area contributed by atoms with Crippen molar-refractivity contribution in [3.63, 3.8) is 0 Å². The number of carbonyl (C=O) groups excluding carboxylic acids is 1. The molecule has 22 heavy (non-hydrogen) atoms. The number of hydrogen-bond acceptors (Lipinski definition) is 3. The molecule has 0 saturated heterocycles. The Hall–Kier alpha value is -2.36. The molecule has 1 aromatic heterocycles. The van der Waals surface area contributed by atoms with E-state index in [1.165, 1.54) is 5.56 Å². The summed E-state index contributed by atoms with van der Waals surface area (Å²) in [7, 11) is 0. The summed E-state index contributed by atoms with van der Waals surface area (Å²) in [5.74, 6) is -0.197. The van der Waals surface area contributed by atoms with Crippen LogP contribution in [0.4, 0.5) is 11.4 Å². The van der Waals surface area contributed by atoms with E-state index >= 15 is 0 Å². The van der Waals surface area contributed by atoms with Gasteiger partial charge in [0, 0.05) is 23.6 Å². The van der Waals surface area contributed by atoms with Crippen LogP contribution in [0.3, 0.4) is 0 Å². The van der Waals surface area contributed by atoms with Gasteiger partial charge < -0.3 is 10.6 Å². The lowest BCUT2D eigenvalue weighted by Crippen LogP contribution is -2.16. The Labute approximate surface area is 132 Å². The summed E-state index contributed by atoms with van der Waals surface area (Å²) < 4.78 is 0. The standard InChI is InChI=1S/C18H23N3O/c1-4-13(3)20-16-10-11-19-17(12-16)18(22)21-15-8-6-14(5-2)7-9-15/h6-13H,4-5H2,1-3H3,(H,19,20)(H,21,22). The fourth-order valence-corrected chi connectivity index (χ4v) is 2.05. The third kappa shape index (κ3) is 4.32. The maximum Gasteiger partial charge on any atom is 0.274 e. The lowest BCUT2D eigenvalue weighted by molar-refractivity contribution is 0.102. The van der Waals surface area contributed by atoms with Gasteiger partial charge in [-0.2, -0.15) is 0 Å². The van der Waals surface area contributed by atoms with Gasteiger partial charge >= 0.3 is 0 Å². The van der Waals surface area contributed by atoms with Crippen molar-refractivity contribution in [1.29, 1.82) is 0 Å². The van der Waals surface area contributed by atoms with Crippen molar-refractivity contribution in [2.45, 2.75) is 39.7 Å². The molecule has 0 spiro atoms. The number of hydrogen-bond donors (Lipinski definition) is 2. The van der Waals surface area contributed by atoms with Crippen LogP contribution >= 0.6 is 0 Å². The van der Waals surface area contributed by atoms with Crippen molar-refractivity contribution in [3.8, 4) is 0 Å². The van der Waals surface area contributed by atoms with E-state index in [0.29, 0.717) is 11.7 Å². The number of nitrogens with zero attached hydrogens (tertiary/aromatic N) is 1. The minimum Gasteiger partial charge on any atom is -0.382 e. The summed E-state index contributed by atoms with van der Waals surface area (Å²) in [6.07, 6.45) is 3.66. The van der Waals surface area contributed by atoms with Crippen molar-refractivity contribution in [3.05, 3.63) is 53.9 Å². The highest BCUT2D eigenvalue weighted by Gasteiger charge is 2.09. The van der Waals surface area contributed by atoms with Gasteiger partial charge in [0.2, 0.25) is 0 Å². The van der Waals surface area contributed by atoms with Crippen LogP contribution in [0.5, 0.6) is 0 Å². The van der Waals surface area contributed by atoms with Crippen LogP contribution < -0.4 is 10.6 Å². The van der Waals surface area contributed by atoms with Crippen molar-refractivity contribution in [1.82, 2.24) is 4.98 Å². The Balaban J connectivity index is 2.06. The van der Waals surface area contributed by atoms with Gasteiger partial charge in [-0.1, -0.05) is 26.0 Å². The first-order valence-electron chi connectivity index (χ1n) is 7.75. The van der Waals surface area contributed by atoms with Crippen LogP contribution in [-0.4, -0.2) is 16.9 Å². The second kappa shape index (κ2) is 7.59. The van der Waals surface area contributed by atoms with Crippen molar-refractivity contribution < 1.29 is 4.79 Å². The molecule has 0 radical (unpaired) electrons. The fourth-order valence-electron chi connectivity index (χ4n) is 2.05. The number of amides is 1. The zero-order valence-corrected chi connectivity index (χ0v) is 13.4. The first-order valence-corrected chi connectivity index (χ1v) is 7.75. The lowest BCUT2D eigenvalue weighted by Gasteiger charge is -2.13. The van der Waals surface area contributed by atoms with E-state index in [4.69, 9.17) is 0 Å². The first-order chi connectivity index (χ1) is 10.6. The summed E-state index contributed by atoms with van der Waals surface area (Å²) in [6.45, 7) is 6.33. The number of aromatic nitrogens is 1. The van der Waals surface area contributed by atoms with E-state index in [1.807, 2.05) is 30.3 Å². The molecule has 1 aromatic carbocycles. The second-order valence-corrected chi connectivity index (χ2v) is 5.39.